The molecule has 4 N–H and O–H groups in total. The number of aliphatic hydroxyl groups is 1. The lowest BCUT2D eigenvalue weighted by Crippen LogP contribution is -2.56. The van der Waals surface area contributed by atoms with Crippen molar-refractivity contribution in [3.63, 3.8) is 0 Å². The van der Waals surface area contributed by atoms with Crippen LogP contribution in [0.15, 0.2) is 0 Å². The van der Waals surface area contributed by atoms with E-state index in [1.54, 1.807) is 0 Å². The Morgan fingerprint density at radius 2 is 2.10 bits per heavy atom. The Kier molecular flexibility index (Phi) is 3.60. The maximum absolute atomic E-state index is 10.3. The van der Waals surface area contributed by atoms with Crippen LogP contribution < -0.4 is 10.8 Å². The van der Waals surface area contributed by atoms with Crippen molar-refractivity contribution in [1.29, 1.82) is 0 Å². The maximum Gasteiger partial charge on any atom is 0.181 e. The first-order valence-corrected chi connectivity index (χ1v) is 2.79. The van der Waals surface area contributed by atoms with E-state index in [2.05, 4.69) is 5.73 Å². The Balaban J connectivity index is 3.68. The zero-order valence-electron chi connectivity index (χ0n) is 5.37. The number of carboxylic acids is 1. The summed E-state index contributed by atoms with van der Waals surface area (Å²) >= 11 is 0. The average molecular weight is 147 g/mol. The highest BCUT2D eigenvalue weighted by Gasteiger charge is 2.10. The lowest BCUT2D eigenvalue weighted by Gasteiger charge is -2.03. The molecule has 0 rings (SSSR count). The molecule has 1 unspecified atom stereocenters. The molecule has 0 aromatic rings. The predicted octanol–water partition coefficient (Wildman–Crippen LogP) is -3.70. The highest BCUT2D eigenvalue weighted by molar-refractivity contribution is 6.31. The molecule has 0 saturated carbocycles. The summed E-state index contributed by atoms with van der Waals surface area (Å²) in [4.78, 5) is 20.0. The summed E-state index contributed by atoms with van der Waals surface area (Å²) in [7, 11) is 0. The van der Waals surface area contributed by atoms with Gasteiger partial charge in [-0.2, -0.15) is 0 Å². The van der Waals surface area contributed by atoms with Gasteiger partial charge in [-0.3, -0.25) is 4.79 Å². The molecular formula is C5H9NO4. The van der Waals surface area contributed by atoms with Gasteiger partial charge in [0, 0.05) is 6.42 Å². The highest BCUT2D eigenvalue weighted by atomic mass is 16.4. The quantitative estimate of drug-likeness (QED) is 0.399. The second-order valence-electron chi connectivity index (χ2n) is 1.86. The Labute approximate surface area is 57.5 Å². The fourth-order valence-corrected chi connectivity index (χ4v) is 0.399. The second-order valence-corrected chi connectivity index (χ2v) is 1.86. The highest BCUT2D eigenvalue weighted by Crippen LogP contribution is 1.88. The number of rotatable bonds is 4. The van der Waals surface area contributed by atoms with Crippen LogP contribution >= 0.6 is 0 Å². The number of ketones is 1. The summed E-state index contributed by atoms with van der Waals surface area (Å²) in [6.45, 7) is 0.124. The topological polar surface area (TPSA) is 105 Å². The van der Waals surface area contributed by atoms with Crippen molar-refractivity contribution in [3.05, 3.63) is 0 Å². The Hall–Kier alpha value is -0.940. The van der Waals surface area contributed by atoms with Crippen LogP contribution in [-0.2, 0) is 9.59 Å². The van der Waals surface area contributed by atoms with Crippen LogP contribution in [-0.4, -0.2) is 29.5 Å². The third kappa shape index (κ3) is 3.16. The molecule has 0 aliphatic carbocycles. The molecule has 5 nitrogen and oxygen atoms in total. The van der Waals surface area contributed by atoms with Gasteiger partial charge in [-0.25, -0.2) is 0 Å². The Bertz CT molecular complexity index is 145. The van der Waals surface area contributed by atoms with E-state index in [9.17, 15) is 14.7 Å². The summed E-state index contributed by atoms with van der Waals surface area (Å²) in [6, 6.07) is 0. The van der Waals surface area contributed by atoms with Gasteiger partial charge in [0.25, 0.3) is 0 Å². The van der Waals surface area contributed by atoms with Gasteiger partial charge in [0.2, 0.25) is 0 Å². The SMILES string of the molecule is [NH3+]CC(O)CC(=O)C(=O)[O-]. The second kappa shape index (κ2) is 3.97. The van der Waals surface area contributed by atoms with Crippen LogP contribution in [0.1, 0.15) is 6.42 Å². The number of Topliss-reactive ketones (excluding diaryl/α,β-unsaturated/α-hetero) is 1. The minimum absolute atomic E-state index is 0.124. The number of carbonyl (C=O) groups is 2. The van der Waals surface area contributed by atoms with Gasteiger partial charge >= 0.3 is 0 Å². The standard InChI is InChI=1S/C5H9NO4/c6-2-3(7)1-4(8)5(9)10/h3,7H,1-2,6H2,(H,9,10). The lowest BCUT2D eigenvalue weighted by molar-refractivity contribution is -0.383. The molecule has 0 saturated heterocycles. The first-order valence-electron chi connectivity index (χ1n) is 2.79. The van der Waals surface area contributed by atoms with Crippen molar-refractivity contribution in [3.8, 4) is 0 Å². The minimum Gasteiger partial charge on any atom is -0.542 e. The molecule has 0 aliphatic rings. The third-order valence-electron chi connectivity index (χ3n) is 0.982. The molecule has 0 aromatic heterocycles. The molecule has 5 heteroatoms. The molecular weight excluding hydrogens is 138 g/mol. The van der Waals surface area contributed by atoms with E-state index in [0.29, 0.717) is 0 Å². The van der Waals surface area contributed by atoms with Crippen LogP contribution in [0, 0.1) is 0 Å². The smallest absolute Gasteiger partial charge is 0.181 e. The molecule has 10 heavy (non-hydrogen) atoms. The van der Waals surface area contributed by atoms with Crippen LogP contribution in [0.3, 0.4) is 0 Å². The summed E-state index contributed by atoms with van der Waals surface area (Å²) in [5.74, 6) is -2.84. The Morgan fingerprint density at radius 3 is 2.40 bits per heavy atom. The van der Waals surface area contributed by atoms with Crippen molar-refractivity contribution in [2.24, 2.45) is 0 Å². The normalized spacial score (nSPS) is 12.6. The number of carboxylic acid groups (broad SMARTS) is 1. The molecule has 0 fully saturated rings. The molecule has 1 atom stereocenters. The van der Waals surface area contributed by atoms with Gasteiger partial charge in [0.1, 0.15) is 18.6 Å². The van der Waals surface area contributed by atoms with E-state index in [1.807, 2.05) is 0 Å². The van der Waals surface area contributed by atoms with E-state index in [1.165, 1.54) is 0 Å². The van der Waals surface area contributed by atoms with Crippen LogP contribution in [0.5, 0.6) is 0 Å². The number of aliphatic hydroxyl groups excluding tert-OH is 1. The molecule has 0 spiro atoms. The van der Waals surface area contributed by atoms with Gasteiger partial charge in [0.15, 0.2) is 5.78 Å². The third-order valence-corrected chi connectivity index (χ3v) is 0.982. The maximum atomic E-state index is 10.3. The van der Waals surface area contributed by atoms with Crippen LogP contribution in [0.25, 0.3) is 0 Å². The zero-order chi connectivity index (χ0) is 8.15. The molecule has 0 amide bonds. The lowest BCUT2D eigenvalue weighted by atomic mass is 10.2. The molecule has 0 heterocycles. The number of hydrogen-bond acceptors (Lipinski definition) is 4. The largest absolute Gasteiger partial charge is 0.542 e. The van der Waals surface area contributed by atoms with E-state index in [4.69, 9.17) is 5.11 Å². The van der Waals surface area contributed by atoms with Gasteiger partial charge in [-0.15, -0.1) is 0 Å². The summed E-state index contributed by atoms with van der Waals surface area (Å²) in [6.07, 6.45) is -1.38. The van der Waals surface area contributed by atoms with Crippen molar-refractivity contribution in [2.45, 2.75) is 12.5 Å². The van der Waals surface area contributed by atoms with Crippen molar-refractivity contribution < 1.29 is 25.5 Å². The molecule has 0 bridgehead atoms. The van der Waals surface area contributed by atoms with E-state index >= 15 is 0 Å². The molecule has 0 radical (unpaired) electrons. The molecule has 0 aromatic carbocycles. The van der Waals surface area contributed by atoms with E-state index in [-0.39, 0.29) is 6.54 Å². The summed E-state index contributed by atoms with van der Waals surface area (Å²) < 4.78 is 0. The number of hydrogen-bond donors (Lipinski definition) is 2. The number of quaternary nitrogens is 1. The number of aliphatic carboxylic acids is 1. The fraction of sp³-hybridized carbons (Fsp3) is 0.600. The van der Waals surface area contributed by atoms with Crippen LogP contribution in [0.2, 0.25) is 0 Å². The van der Waals surface area contributed by atoms with Gasteiger partial charge in [-0.05, 0) is 0 Å². The fourth-order valence-electron chi connectivity index (χ4n) is 0.399. The van der Waals surface area contributed by atoms with E-state index < -0.39 is 24.3 Å². The monoisotopic (exact) mass is 147 g/mol. The zero-order valence-corrected chi connectivity index (χ0v) is 5.37. The van der Waals surface area contributed by atoms with Crippen molar-refractivity contribution >= 4 is 11.8 Å². The van der Waals surface area contributed by atoms with Crippen LogP contribution in [0.4, 0.5) is 0 Å². The number of carbonyl (C=O) groups excluding carboxylic acids is 2. The average Bonchev–Trinajstić information content (AvgIpc) is 1.87. The van der Waals surface area contributed by atoms with Gasteiger partial charge < -0.3 is 20.7 Å². The van der Waals surface area contributed by atoms with Crippen molar-refractivity contribution in [1.82, 2.24) is 0 Å². The van der Waals surface area contributed by atoms with Gasteiger partial charge in [0.05, 0.1) is 0 Å². The van der Waals surface area contributed by atoms with Crippen molar-refractivity contribution in [2.75, 3.05) is 6.54 Å². The van der Waals surface area contributed by atoms with E-state index in [0.717, 1.165) is 0 Å². The Morgan fingerprint density at radius 1 is 1.60 bits per heavy atom. The first-order chi connectivity index (χ1) is 4.57. The molecule has 0 aliphatic heterocycles. The summed E-state index contributed by atoms with van der Waals surface area (Å²) in [5.41, 5.74) is 3.28. The first kappa shape index (κ1) is 9.06. The minimum atomic E-state index is -1.76. The summed E-state index contributed by atoms with van der Waals surface area (Å²) in [5, 5.41) is 18.5. The van der Waals surface area contributed by atoms with Gasteiger partial charge in [-0.1, -0.05) is 0 Å². The molecule has 58 valence electrons. The predicted molar refractivity (Wildman–Crippen MR) is 28.4 cm³/mol.